The number of nitro groups is 1. The molecule has 1 rings (SSSR count). The van der Waals surface area contributed by atoms with Crippen LogP contribution in [0, 0.1) is 10.1 Å². The molecule has 21 heavy (non-hydrogen) atoms. The molecule has 0 aromatic heterocycles. The summed E-state index contributed by atoms with van der Waals surface area (Å²) in [5.74, 6) is -0.454. The number of halogens is 1. The first-order valence-corrected chi connectivity index (χ1v) is 6.58. The Hall–Kier alpha value is -1.86. The molecule has 0 spiro atoms. The summed E-state index contributed by atoms with van der Waals surface area (Å²) >= 11 is 5.97. The number of carbonyl (C=O) groups excluding carboxylic acids is 1. The molecule has 0 aliphatic rings. The van der Waals surface area contributed by atoms with Crippen LogP contribution < -0.4 is 5.32 Å². The van der Waals surface area contributed by atoms with Gasteiger partial charge in [0, 0.05) is 32.3 Å². The van der Waals surface area contributed by atoms with Crippen molar-refractivity contribution in [1.29, 1.82) is 0 Å². The molecule has 0 heterocycles. The Labute approximate surface area is 127 Å². The van der Waals surface area contributed by atoms with Crippen molar-refractivity contribution in [2.24, 2.45) is 0 Å². The minimum atomic E-state index is -1.06. The van der Waals surface area contributed by atoms with Gasteiger partial charge in [-0.15, -0.1) is 0 Å². The van der Waals surface area contributed by atoms with Gasteiger partial charge in [-0.3, -0.25) is 14.9 Å². The number of nitrogens with one attached hydrogen (secondary N) is 1. The van der Waals surface area contributed by atoms with E-state index in [1.54, 1.807) is 13.8 Å². The van der Waals surface area contributed by atoms with Crippen molar-refractivity contribution in [2.45, 2.75) is 19.4 Å². The minimum Gasteiger partial charge on any atom is -0.389 e. The van der Waals surface area contributed by atoms with Gasteiger partial charge in [0.15, 0.2) is 0 Å². The minimum absolute atomic E-state index is 0.0883. The van der Waals surface area contributed by atoms with Gasteiger partial charge in [0.2, 0.25) is 0 Å². The van der Waals surface area contributed by atoms with E-state index < -0.39 is 16.4 Å². The lowest BCUT2D eigenvalue weighted by Crippen LogP contribution is -2.39. The Bertz CT molecular complexity index is 569. The molecule has 1 amide bonds. The maximum absolute atomic E-state index is 12.3. The lowest BCUT2D eigenvalue weighted by molar-refractivity contribution is -0.383. The summed E-state index contributed by atoms with van der Waals surface area (Å²) in [5, 5.41) is 23.5. The summed E-state index contributed by atoms with van der Waals surface area (Å²) in [6.07, 6.45) is 0. The average Bonchev–Trinajstić information content (AvgIpc) is 2.34. The number of hydrogen-bond acceptors (Lipinski definition) is 5. The SMILES string of the molecule is CNc1c(Cl)cc(C(=O)N(C)CC(C)(C)O)cc1[N+](=O)[O-]. The van der Waals surface area contributed by atoms with Crippen molar-refractivity contribution in [3.05, 3.63) is 32.8 Å². The fraction of sp³-hybridized carbons (Fsp3) is 0.462. The van der Waals surface area contributed by atoms with E-state index in [9.17, 15) is 20.0 Å². The summed E-state index contributed by atoms with van der Waals surface area (Å²) in [6.45, 7) is 3.22. The largest absolute Gasteiger partial charge is 0.389 e. The van der Waals surface area contributed by atoms with E-state index in [0.717, 1.165) is 0 Å². The van der Waals surface area contributed by atoms with Crippen LogP contribution in [0.1, 0.15) is 24.2 Å². The fourth-order valence-corrected chi connectivity index (χ4v) is 2.29. The topological polar surface area (TPSA) is 95.7 Å². The third kappa shape index (κ3) is 4.30. The molecule has 2 N–H and O–H groups in total. The molecule has 0 saturated heterocycles. The average molecular weight is 316 g/mol. The number of aliphatic hydroxyl groups is 1. The molecule has 0 unspecified atom stereocenters. The standard InChI is InChI=1S/C13H18ClN3O4/c1-13(2,19)7-16(4)12(18)8-5-9(14)11(15-3)10(6-8)17(20)21/h5-6,15,19H,7H2,1-4H3. The normalized spacial score (nSPS) is 11.1. The molecular formula is C13H18ClN3O4. The molecule has 0 saturated carbocycles. The Morgan fingerprint density at radius 2 is 2.10 bits per heavy atom. The van der Waals surface area contributed by atoms with Gasteiger partial charge in [-0.05, 0) is 19.9 Å². The van der Waals surface area contributed by atoms with Crippen molar-refractivity contribution < 1.29 is 14.8 Å². The lowest BCUT2D eigenvalue weighted by Gasteiger charge is -2.25. The van der Waals surface area contributed by atoms with Crippen LogP contribution in [0.5, 0.6) is 0 Å². The molecule has 1 aromatic rings. The number of nitro benzene ring substituents is 1. The number of carbonyl (C=O) groups is 1. The number of amides is 1. The van der Waals surface area contributed by atoms with Crippen LogP contribution in [-0.4, -0.2) is 47.1 Å². The predicted octanol–water partition coefficient (Wildman–Crippen LogP) is 2.13. The van der Waals surface area contributed by atoms with Crippen molar-refractivity contribution >= 4 is 28.9 Å². The van der Waals surface area contributed by atoms with Crippen LogP contribution >= 0.6 is 11.6 Å². The van der Waals surface area contributed by atoms with Gasteiger partial charge in [0.25, 0.3) is 11.6 Å². The van der Waals surface area contributed by atoms with Crippen molar-refractivity contribution in [2.75, 3.05) is 26.0 Å². The molecular weight excluding hydrogens is 298 g/mol. The molecule has 0 atom stereocenters. The van der Waals surface area contributed by atoms with Gasteiger partial charge < -0.3 is 15.3 Å². The highest BCUT2D eigenvalue weighted by Crippen LogP contribution is 2.33. The summed E-state index contributed by atoms with van der Waals surface area (Å²) in [5.41, 5.74) is -1.09. The van der Waals surface area contributed by atoms with Gasteiger partial charge in [0.05, 0.1) is 15.5 Å². The van der Waals surface area contributed by atoms with E-state index in [0.29, 0.717) is 0 Å². The number of likely N-dealkylation sites (N-methyl/N-ethyl adjacent to an activating group) is 1. The zero-order chi connectivity index (χ0) is 16.4. The molecule has 0 radical (unpaired) electrons. The van der Waals surface area contributed by atoms with Crippen LogP contribution in [0.2, 0.25) is 5.02 Å². The zero-order valence-corrected chi connectivity index (χ0v) is 13.1. The van der Waals surface area contributed by atoms with Crippen molar-refractivity contribution in [3.63, 3.8) is 0 Å². The summed E-state index contributed by atoms with van der Waals surface area (Å²) in [7, 11) is 3.02. The molecule has 0 fully saturated rings. The molecule has 116 valence electrons. The van der Waals surface area contributed by atoms with Gasteiger partial charge in [-0.2, -0.15) is 0 Å². The second kappa shape index (κ2) is 6.28. The van der Waals surface area contributed by atoms with E-state index in [1.165, 1.54) is 31.1 Å². The fourth-order valence-electron chi connectivity index (χ4n) is 1.98. The van der Waals surface area contributed by atoms with Crippen LogP contribution in [0.25, 0.3) is 0 Å². The maximum Gasteiger partial charge on any atom is 0.294 e. The highest BCUT2D eigenvalue weighted by molar-refractivity contribution is 6.34. The van der Waals surface area contributed by atoms with Gasteiger partial charge >= 0.3 is 0 Å². The van der Waals surface area contributed by atoms with E-state index in [2.05, 4.69) is 5.32 Å². The van der Waals surface area contributed by atoms with Crippen LogP contribution in [0.15, 0.2) is 12.1 Å². The van der Waals surface area contributed by atoms with E-state index in [-0.39, 0.29) is 28.5 Å². The van der Waals surface area contributed by atoms with E-state index in [1.807, 2.05) is 0 Å². The predicted molar refractivity (Wildman–Crippen MR) is 80.9 cm³/mol. The smallest absolute Gasteiger partial charge is 0.294 e. The van der Waals surface area contributed by atoms with E-state index in [4.69, 9.17) is 11.6 Å². The van der Waals surface area contributed by atoms with Crippen molar-refractivity contribution in [1.82, 2.24) is 4.90 Å². The summed E-state index contributed by atoms with van der Waals surface area (Å²) in [4.78, 5) is 24.0. The first-order valence-electron chi connectivity index (χ1n) is 6.20. The Morgan fingerprint density at radius 1 is 1.52 bits per heavy atom. The highest BCUT2D eigenvalue weighted by Gasteiger charge is 2.24. The molecule has 8 heteroatoms. The number of rotatable bonds is 5. The van der Waals surface area contributed by atoms with Crippen LogP contribution in [0.3, 0.4) is 0 Å². The third-order valence-electron chi connectivity index (χ3n) is 2.73. The number of hydrogen-bond donors (Lipinski definition) is 2. The first kappa shape index (κ1) is 17.2. The lowest BCUT2D eigenvalue weighted by atomic mass is 10.1. The molecule has 0 bridgehead atoms. The van der Waals surface area contributed by atoms with Crippen molar-refractivity contribution in [3.8, 4) is 0 Å². The Balaban J connectivity index is 3.20. The van der Waals surface area contributed by atoms with E-state index >= 15 is 0 Å². The number of benzene rings is 1. The van der Waals surface area contributed by atoms with Gasteiger partial charge in [-0.1, -0.05) is 11.6 Å². The van der Waals surface area contributed by atoms with Crippen LogP contribution in [0.4, 0.5) is 11.4 Å². The maximum atomic E-state index is 12.3. The Kier molecular flexibility index (Phi) is 5.14. The highest BCUT2D eigenvalue weighted by atomic mass is 35.5. The molecule has 0 aliphatic carbocycles. The monoisotopic (exact) mass is 315 g/mol. The van der Waals surface area contributed by atoms with Gasteiger partial charge in [-0.25, -0.2) is 0 Å². The molecule has 0 aliphatic heterocycles. The zero-order valence-electron chi connectivity index (χ0n) is 12.3. The molecule has 7 nitrogen and oxygen atoms in total. The number of nitrogens with zero attached hydrogens (tertiary/aromatic N) is 2. The first-order chi connectivity index (χ1) is 9.56. The number of anilines is 1. The summed E-state index contributed by atoms with van der Waals surface area (Å²) in [6, 6.07) is 2.53. The second-order valence-corrected chi connectivity index (χ2v) is 5.74. The summed E-state index contributed by atoms with van der Waals surface area (Å²) < 4.78 is 0. The third-order valence-corrected chi connectivity index (χ3v) is 3.03. The van der Waals surface area contributed by atoms with Crippen LogP contribution in [-0.2, 0) is 0 Å². The molecule has 1 aromatic carbocycles. The van der Waals surface area contributed by atoms with Gasteiger partial charge in [0.1, 0.15) is 5.69 Å². The Morgan fingerprint density at radius 3 is 2.52 bits per heavy atom. The second-order valence-electron chi connectivity index (χ2n) is 5.33. The quantitative estimate of drug-likeness (QED) is 0.641.